The van der Waals surface area contributed by atoms with Crippen LogP contribution in [-0.2, 0) is 16.0 Å². The zero-order chi connectivity index (χ0) is 18.5. The summed E-state index contributed by atoms with van der Waals surface area (Å²) in [5.41, 5.74) is 0.148. The van der Waals surface area contributed by atoms with Crippen LogP contribution in [0.5, 0.6) is 0 Å². The van der Waals surface area contributed by atoms with Crippen molar-refractivity contribution in [1.82, 2.24) is 9.88 Å². The molecule has 26 heavy (non-hydrogen) atoms. The van der Waals surface area contributed by atoms with Gasteiger partial charge in [-0.2, -0.15) is 0 Å². The molecule has 5 nitrogen and oxygen atoms in total. The summed E-state index contributed by atoms with van der Waals surface area (Å²) in [6.45, 7) is 4.06. The molecule has 0 unspecified atom stereocenters. The second-order valence-corrected chi connectivity index (χ2v) is 6.28. The zero-order valence-corrected chi connectivity index (χ0v) is 14.7. The van der Waals surface area contributed by atoms with E-state index >= 15 is 0 Å². The number of rotatable bonds is 6. The Morgan fingerprint density at radius 1 is 1.35 bits per heavy atom. The van der Waals surface area contributed by atoms with Crippen LogP contribution in [0.3, 0.4) is 0 Å². The monoisotopic (exact) mass is 364 g/mol. The van der Waals surface area contributed by atoms with Gasteiger partial charge in [-0.05, 0) is 31.9 Å². The molecule has 1 aromatic heterocycles. The lowest BCUT2D eigenvalue weighted by molar-refractivity contribution is -0.133. The van der Waals surface area contributed by atoms with E-state index in [9.17, 15) is 13.6 Å². The highest BCUT2D eigenvalue weighted by molar-refractivity contribution is 5.76. The van der Waals surface area contributed by atoms with Crippen LogP contribution in [0, 0.1) is 11.6 Å². The van der Waals surface area contributed by atoms with Crippen molar-refractivity contribution in [1.29, 1.82) is 0 Å². The van der Waals surface area contributed by atoms with Crippen molar-refractivity contribution in [3.05, 3.63) is 41.9 Å². The molecule has 1 aliphatic rings. The van der Waals surface area contributed by atoms with Crippen LogP contribution in [0.1, 0.15) is 32.1 Å². The fourth-order valence-electron chi connectivity index (χ4n) is 3.12. The molecule has 140 valence electrons. The first-order valence-corrected chi connectivity index (χ1v) is 8.86. The number of hydrogen-bond acceptors (Lipinski definition) is 4. The van der Waals surface area contributed by atoms with Gasteiger partial charge in [0.05, 0.1) is 17.9 Å². The summed E-state index contributed by atoms with van der Waals surface area (Å²) in [7, 11) is 0. The van der Waals surface area contributed by atoms with E-state index in [1.54, 1.807) is 0 Å². The first-order chi connectivity index (χ1) is 12.6. The van der Waals surface area contributed by atoms with E-state index in [0.717, 1.165) is 25.0 Å². The fraction of sp³-hybridized carbons (Fsp3) is 0.474. The lowest BCUT2D eigenvalue weighted by Gasteiger charge is -2.31. The highest BCUT2D eigenvalue weighted by Gasteiger charge is 2.23. The van der Waals surface area contributed by atoms with E-state index in [2.05, 4.69) is 4.98 Å². The standard InChI is InChI=1S/C19H22F2N2O3/c1-2-25-14-7-9-23(10-8-14)19(24)6-5-18-22-12-17(26-18)15-4-3-13(20)11-16(15)21/h3-4,11-12,14H,2,5-10H2,1H3. The number of benzene rings is 1. The van der Waals surface area contributed by atoms with Crippen molar-refractivity contribution < 1.29 is 22.7 Å². The number of hydrogen-bond donors (Lipinski definition) is 0. The SMILES string of the molecule is CCOC1CCN(C(=O)CCc2ncc(-c3ccc(F)cc3F)o2)CC1. The Balaban J connectivity index is 1.53. The summed E-state index contributed by atoms with van der Waals surface area (Å²) in [6, 6.07) is 3.27. The second kappa shape index (κ2) is 8.40. The molecular weight excluding hydrogens is 342 g/mol. The van der Waals surface area contributed by atoms with Crippen molar-refractivity contribution >= 4 is 5.91 Å². The number of ether oxygens (including phenoxy) is 1. The zero-order valence-electron chi connectivity index (χ0n) is 14.7. The summed E-state index contributed by atoms with van der Waals surface area (Å²) < 4.78 is 37.9. The third-order valence-corrected chi connectivity index (χ3v) is 4.50. The van der Waals surface area contributed by atoms with Gasteiger partial charge in [0, 0.05) is 38.6 Å². The molecule has 0 bridgehead atoms. The minimum Gasteiger partial charge on any atom is -0.441 e. The van der Waals surface area contributed by atoms with Crippen molar-refractivity contribution in [2.45, 2.75) is 38.7 Å². The van der Waals surface area contributed by atoms with Gasteiger partial charge >= 0.3 is 0 Å². The average Bonchev–Trinajstić information content (AvgIpc) is 3.09. The molecule has 0 saturated carbocycles. The number of amides is 1. The number of aromatic nitrogens is 1. The molecular formula is C19H22F2N2O3. The molecule has 2 heterocycles. The molecule has 1 amide bonds. The normalized spacial score (nSPS) is 15.4. The van der Waals surface area contributed by atoms with Crippen LogP contribution < -0.4 is 0 Å². The molecule has 0 aliphatic carbocycles. The maximum atomic E-state index is 13.8. The van der Waals surface area contributed by atoms with Crippen molar-refractivity contribution in [2.24, 2.45) is 0 Å². The predicted molar refractivity (Wildman–Crippen MR) is 91.4 cm³/mol. The molecule has 0 radical (unpaired) electrons. The molecule has 1 fully saturated rings. The number of carbonyl (C=O) groups is 1. The summed E-state index contributed by atoms with van der Waals surface area (Å²) in [6.07, 6.45) is 3.96. The average molecular weight is 364 g/mol. The van der Waals surface area contributed by atoms with Crippen LogP contribution in [0.2, 0.25) is 0 Å². The van der Waals surface area contributed by atoms with Crippen LogP contribution in [0.4, 0.5) is 8.78 Å². The van der Waals surface area contributed by atoms with Gasteiger partial charge in [-0.3, -0.25) is 4.79 Å². The number of halogens is 2. The summed E-state index contributed by atoms with van der Waals surface area (Å²) in [5, 5.41) is 0. The third-order valence-electron chi connectivity index (χ3n) is 4.50. The number of nitrogens with zero attached hydrogens (tertiary/aromatic N) is 2. The number of likely N-dealkylation sites (tertiary alicyclic amines) is 1. The van der Waals surface area contributed by atoms with Crippen LogP contribution >= 0.6 is 0 Å². The minimum atomic E-state index is -0.707. The topological polar surface area (TPSA) is 55.6 Å². The first kappa shape index (κ1) is 18.5. The molecule has 0 N–H and O–H groups in total. The second-order valence-electron chi connectivity index (χ2n) is 6.28. The third kappa shape index (κ3) is 4.46. The smallest absolute Gasteiger partial charge is 0.223 e. The molecule has 2 aromatic rings. The van der Waals surface area contributed by atoms with E-state index < -0.39 is 11.6 Å². The van der Waals surface area contributed by atoms with Crippen molar-refractivity contribution in [2.75, 3.05) is 19.7 Å². The Morgan fingerprint density at radius 2 is 2.12 bits per heavy atom. The van der Waals surface area contributed by atoms with Gasteiger partial charge in [0.2, 0.25) is 5.91 Å². The molecule has 0 atom stereocenters. The highest BCUT2D eigenvalue weighted by atomic mass is 19.1. The van der Waals surface area contributed by atoms with E-state index in [-0.39, 0.29) is 29.8 Å². The Labute approximate surface area is 151 Å². The van der Waals surface area contributed by atoms with Gasteiger partial charge in [-0.25, -0.2) is 13.8 Å². The molecule has 7 heteroatoms. The Bertz CT molecular complexity index is 755. The van der Waals surface area contributed by atoms with Gasteiger partial charge in [-0.1, -0.05) is 0 Å². The van der Waals surface area contributed by atoms with Crippen LogP contribution in [-0.4, -0.2) is 41.6 Å². The van der Waals surface area contributed by atoms with Gasteiger partial charge in [0.15, 0.2) is 11.7 Å². The maximum absolute atomic E-state index is 13.8. The quantitative estimate of drug-likeness (QED) is 0.786. The predicted octanol–water partition coefficient (Wildman–Crippen LogP) is 3.58. The van der Waals surface area contributed by atoms with E-state index in [0.29, 0.717) is 32.0 Å². The van der Waals surface area contributed by atoms with E-state index in [1.807, 2.05) is 11.8 Å². The Kier molecular flexibility index (Phi) is 5.98. The van der Waals surface area contributed by atoms with Gasteiger partial charge in [-0.15, -0.1) is 0 Å². The van der Waals surface area contributed by atoms with Crippen molar-refractivity contribution in [3.63, 3.8) is 0 Å². The van der Waals surface area contributed by atoms with Gasteiger partial charge in [0.1, 0.15) is 11.6 Å². The van der Waals surface area contributed by atoms with Crippen LogP contribution in [0.15, 0.2) is 28.8 Å². The Morgan fingerprint density at radius 3 is 2.81 bits per heavy atom. The number of carbonyl (C=O) groups excluding carboxylic acids is 1. The number of aryl methyl sites for hydroxylation is 1. The summed E-state index contributed by atoms with van der Waals surface area (Å²) in [4.78, 5) is 18.2. The molecule has 1 aromatic carbocycles. The highest BCUT2D eigenvalue weighted by Crippen LogP contribution is 2.24. The molecule has 1 aliphatic heterocycles. The number of piperidine rings is 1. The van der Waals surface area contributed by atoms with Gasteiger partial charge in [0.25, 0.3) is 0 Å². The first-order valence-electron chi connectivity index (χ1n) is 8.86. The fourth-order valence-corrected chi connectivity index (χ4v) is 3.12. The van der Waals surface area contributed by atoms with E-state index in [1.165, 1.54) is 12.3 Å². The molecule has 0 spiro atoms. The lowest BCUT2D eigenvalue weighted by atomic mass is 10.1. The molecule has 3 rings (SSSR count). The number of oxazole rings is 1. The van der Waals surface area contributed by atoms with E-state index in [4.69, 9.17) is 9.15 Å². The lowest BCUT2D eigenvalue weighted by Crippen LogP contribution is -2.41. The Hall–Kier alpha value is -2.28. The minimum absolute atomic E-state index is 0.0488. The summed E-state index contributed by atoms with van der Waals surface area (Å²) >= 11 is 0. The molecule has 1 saturated heterocycles. The van der Waals surface area contributed by atoms with Gasteiger partial charge < -0.3 is 14.1 Å². The van der Waals surface area contributed by atoms with Crippen LogP contribution in [0.25, 0.3) is 11.3 Å². The largest absolute Gasteiger partial charge is 0.441 e. The summed E-state index contributed by atoms with van der Waals surface area (Å²) in [5.74, 6) is -0.720. The van der Waals surface area contributed by atoms with Crippen molar-refractivity contribution in [3.8, 4) is 11.3 Å². The maximum Gasteiger partial charge on any atom is 0.223 e.